The van der Waals surface area contributed by atoms with Crippen LogP contribution in [0.1, 0.15) is 50.4 Å². The Morgan fingerprint density at radius 1 is 1.05 bits per heavy atom. The molecule has 5 rings (SSSR count). The molecule has 0 radical (unpaired) electrons. The molecule has 1 unspecified atom stereocenters. The third-order valence-electron chi connectivity index (χ3n) is 8.46. The molecule has 0 spiro atoms. The summed E-state index contributed by atoms with van der Waals surface area (Å²) in [6, 6.07) is 8.25. The van der Waals surface area contributed by atoms with Crippen LogP contribution in [0.4, 0.5) is 31.7 Å². The monoisotopic (exact) mass is 583 g/mol. The van der Waals surface area contributed by atoms with Crippen LogP contribution in [0.25, 0.3) is 11.1 Å². The van der Waals surface area contributed by atoms with Crippen molar-refractivity contribution in [3.05, 3.63) is 59.0 Å². The minimum absolute atomic E-state index is 0.0249. The number of nitrogens with one attached hydrogen (secondary N) is 1. The number of halogens is 3. The standard InChI is InChI=1S/C30H36ClF2N7O/c1-17-7-5-6-12-40(17)30(41)21-10-8-20(9-11-21)24-22(32)13-23(39-14-18(2)38(4)19(3)15-39)27(25(24)33)37-29-26(34)28(31)35-16-36-29/h8-11,13,16-19H,5-7,12,14-15,34H2,1-4H3,(H,35,36,37)/t17?,18-,19+. The van der Waals surface area contributed by atoms with E-state index in [1.54, 1.807) is 24.3 Å². The summed E-state index contributed by atoms with van der Waals surface area (Å²) in [5.74, 6) is -1.46. The van der Waals surface area contributed by atoms with E-state index in [0.29, 0.717) is 36.4 Å². The van der Waals surface area contributed by atoms with Gasteiger partial charge < -0.3 is 20.9 Å². The number of hydrogen-bond donors (Lipinski definition) is 2. The molecule has 2 aliphatic rings. The molecule has 218 valence electrons. The Bertz CT molecular complexity index is 1430. The lowest BCUT2D eigenvalue weighted by atomic mass is 9.98. The minimum atomic E-state index is -0.794. The number of benzene rings is 2. The molecule has 3 heterocycles. The third kappa shape index (κ3) is 5.67. The van der Waals surface area contributed by atoms with E-state index in [1.807, 2.05) is 23.8 Å². The van der Waals surface area contributed by atoms with Crippen molar-refractivity contribution >= 4 is 40.4 Å². The number of carbonyl (C=O) groups is 1. The van der Waals surface area contributed by atoms with E-state index in [2.05, 4.69) is 34.0 Å². The number of piperazine rings is 1. The lowest BCUT2D eigenvalue weighted by molar-refractivity contribution is 0.0635. The van der Waals surface area contributed by atoms with Crippen molar-refractivity contribution in [1.29, 1.82) is 0 Å². The maximum absolute atomic E-state index is 16.5. The number of nitrogens with zero attached hydrogens (tertiary/aromatic N) is 5. The lowest BCUT2D eigenvalue weighted by Crippen LogP contribution is -2.55. The number of rotatable bonds is 5. The molecule has 3 atom stereocenters. The van der Waals surface area contributed by atoms with E-state index in [9.17, 15) is 4.79 Å². The number of nitrogens with two attached hydrogens (primary N) is 1. The van der Waals surface area contributed by atoms with Crippen molar-refractivity contribution in [1.82, 2.24) is 19.8 Å². The molecule has 11 heteroatoms. The summed E-state index contributed by atoms with van der Waals surface area (Å²) in [4.78, 5) is 27.2. The maximum Gasteiger partial charge on any atom is 0.254 e. The van der Waals surface area contributed by atoms with Crippen molar-refractivity contribution in [3.8, 4) is 11.1 Å². The van der Waals surface area contributed by atoms with Gasteiger partial charge >= 0.3 is 0 Å². The molecule has 2 aliphatic heterocycles. The van der Waals surface area contributed by atoms with E-state index in [4.69, 9.17) is 17.3 Å². The Morgan fingerprint density at radius 2 is 1.73 bits per heavy atom. The van der Waals surface area contributed by atoms with Crippen molar-refractivity contribution in [2.75, 3.05) is 42.6 Å². The number of hydrogen-bond acceptors (Lipinski definition) is 7. The van der Waals surface area contributed by atoms with Crippen LogP contribution in [0, 0.1) is 11.6 Å². The van der Waals surface area contributed by atoms with Crippen molar-refractivity contribution in [2.45, 2.75) is 58.2 Å². The number of piperidine rings is 1. The zero-order valence-electron chi connectivity index (χ0n) is 23.8. The average Bonchev–Trinajstić information content (AvgIpc) is 2.95. The van der Waals surface area contributed by atoms with Gasteiger partial charge in [-0.2, -0.15) is 0 Å². The van der Waals surface area contributed by atoms with Crippen LogP contribution in [0.5, 0.6) is 0 Å². The van der Waals surface area contributed by atoms with Gasteiger partial charge in [0.2, 0.25) is 0 Å². The van der Waals surface area contributed by atoms with Crippen LogP contribution in [0.2, 0.25) is 5.15 Å². The predicted molar refractivity (Wildman–Crippen MR) is 160 cm³/mol. The fourth-order valence-electron chi connectivity index (χ4n) is 5.78. The molecule has 41 heavy (non-hydrogen) atoms. The molecule has 0 bridgehead atoms. The highest BCUT2D eigenvalue weighted by Gasteiger charge is 2.31. The fraction of sp³-hybridized carbons (Fsp3) is 0.433. The zero-order chi connectivity index (χ0) is 29.4. The van der Waals surface area contributed by atoms with E-state index in [0.717, 1.165) is 19.3 Å². The van der Waals surface area contributed by atoms with Gasteiger partial charge in [-0.15, -0.1) is 0 Å². The molecule has 2 saturated heterocycles. The molecule has 1 aromatic heterocycles. The second-order valence-corrected chi connectivity index (χ2v) is 11.5. The number of likely N-dealkylation sites (N-methyl/N-ethyl adjacent to an activating group) is 1. The van der Waals surface area contributed by atoms with Gasteiger partial charge in [0.1, 0.15) is 23.5 Å². The van der Waals surface area contributed by atoms with Crippen molar-refractivity contribution in [3.63, 3.8) is 0 Å². The van der Waals surface area contributed by atoms with E-state index >= 15 is 8.78 Å². The fourth-order valence-corrected chi connectivity index (χ4v) is 5.91. The Labute approximate surface area is 244 Å². The molecule has 1 amide bonds. The Hall–Kier alpha value is -3.50. The maximum atomic E-state index is 16.5. The molecule has 3 N–H and O–H groups in total. The minimum Gasteiger partial charge on any atom is -0.393 e. The molecule has 8 nitrogen and oxygen atoms in total. The van der Waals surface area contributed by atoms with Gasteiger partial charge in [-0.1, -0.05) is 23.7 Å². The topological polar surface area (TPSA) is 90.6 Å². The Morgan fingerprint density at radius 3 is 2.39 bits per heavy atom. The second kappa shape index (κ2) is 11.8. The van der Waals surface area contributed by atoms with Crippen LogP contribution in [-0.2, 0) is 0 Å². The number of anilines is 4. The highest BCUT2D eigenvalue weighted by atomic mass is 35.5. The molecule has 3 aromatic rings. The largest absolute Gasteiger partial charge is 0.393 e. The quantitative estimate of drug-likeness (QED) is 0.359. The summed E-state index contributed by atoms with van der Waals surface area (Å²) in [5, 5.41) is 3.01. The first-order valence-corrected chi connectivity index (χ1v) is 14.4. The third-order valence-corrected chi connectivity index (χ3v) is 8.76. The van der Waals surface area contributed by atoms with Gasteiger partial charge in [-0.3, -0.25) is 9.69 Å². The summed E-state index contributed by atoms with van der Waals surface area (Å²) in [7, 11) is 2.04. The first kappa shape index (κ1) is 29.0. The SMILES string of the molecule is CC1CCCCN1C(=O)c1ccc(-c2c(F)cc(N3C[C@@H](C)N(C)[C@@H](C)C3)c(Nc3ncnc(Cl)c3N)c2F)cc1. The predicted octanol–water partition coefficient (Wildman–Crippen LogP) is 5.94. The van der Waals surface area contributed by atoms with E-state index in [-0.39, 0.29) is 51.9 Å². The molecular formula is C30H36ClF2N7O. The zero-order valence-corrected chi connectivity index (χ0v) is 24.6. The van der Waals surface area contributed by atoms with Gasteiger partial charge in [0, 0.05) is 49.4 Å². The Balaban J connectivity index is 1.56. The van der Waals surface area contributed by atoms with Gasteiger partial charge in [-0.05, 0) is 64.8 Å². The molecule has 2 fully saturated rings. The highest BCUT2D eigenvalue weighted by molar-refractivity contribution is 6.32. The van der Waals surface area contributed by atoms with Crippen LogP contribution >= 0.6 is 11.6 Å². The van der Waals surface area contributed by atoms with Crippen LogP contribution < -0.4 is 16.0 Å². The molecule has 2 aromatic carbocycles. The van der Waals surface area contributed by atoms with Gasteiger partial charge in [0.05, 0.1) is 11.3 Å². The van der Waals surface area contributed by atoms with E-state index in [1.165, 1.54) is 12.4 Å². The number of aromatic nitrogens is 2. The van der Waals surface area contributed by atoms with Crippen molar-refractivity contribution in [2.24, 2.45) is 0 Å². The molecular weight excluding hydrogens is 548 g/mol. The summed E-state index contributed by atoms with van der Waals surface area (Å²) in [6.07, 6.45) is 4.27. The van der Waals surface area contributed by atoms with Crippen LogP contribution in [-0.4, -0.2) is 70.5 Å². The summed E-state index contributed by atoms with van der Waals surface area (Å²) < 4.78 is 32.3. The first-order chi connectivity index (χ1) is 19.6. The van der Waals surface area contributed by atoms with Gasteiger partial charge in [0.25, 0.3) is 5.91 Å². The summed E-state index contributed by atoms with van der Waals surface area (Å²) in [6.45, 7) is 8.05. The number of amides is 1. The van der Waals surface area contributed by atoms with E-state index < -0.39 is 11.6 Å². The second-order valence-electron chi connectivity index (χ2n) is 11.2. The number of likely N-dealkylation sites (tertiary alicyclic amines) is 1. The van der Waals surface area contributed by atoms with Crippen LogP contribution in [0.15, 0.2) is 36.7 Å². The summed E-state index contributed by atoms with van der Waals surface area (Å²) in [5.41, 5.74) is 7.13. The average molecular weight is 584 g/mol. The smallest absolute Gasteiger partial charge is 0.254 e. The lowest BCUT2D eigenvalue weighted by Gasteiger charge is -2.44. The van der Waals surface area contributed by atoms with Gasteiger partial charge in [-0.25, -0.2) is 18.7 Å². The van der Waals surface area contributed by atoms with Crippen LogP contribution in [0.3, 0.4) is 0 Å². The Kier molecular flexibility index (Phi) is 8.33. The van der Waals surface area contributed by atoms with Crippen molar-refractivity contribution < 1.29 is 13.6 Å². The normalized spacial score (nSPS) is 21.7. The number of carbonyl (C=O) groups excluding carboxylic acids is 1. The van der Waals surface area contributed by atoms with Gasteiger partial charge in [0.15, 0.2) is 16.8 Å². The summed E-state index contributed by atoms with van der Waals surface area (Å²) >= 11 is 6.10. The molecule has 0 saturated carbocycles. The first-order valence-electron chi connectivity index (χ1n) is 14.0. The number of nitrogen functional groups attached to an aromatic ring is 1. The molecule has 0 aliphatic carbocycles. The highest BCUT2D eigenvalue weighted by Crippen LogP contribution is 2.41.